The van der Waals surface area contributed by atoms with Gasteiger partial charge >= 0.3 is 0 Å². The Morgan fingerprint density at radius 3 is 2.62 bits per heavy atom. The molecule has 0 aliphatic rings. The number of hydrogen-bond donors (Lipinski definition) is 0. The topological polar surface area (TPSA) is 72.1 Å². The van der Waals surface area contributed by atoms with Crippen LogP contribution in [0.1, 0.15) is 12.5 Å². The average Bonchev–Trinajstić information content (AvgIpc) is 3.15. The SMILES string of the molecule is CC(=O)N(c1ccccc1Cl)c1onc(-c2cccc(C)c2)c1-c1ccncn1. The zero-order chi connectivity index (χ0) is 20.4. The summed E-state index contributed by atoms with van der Waals surface area (Å²) in [5, 5.41) is 4.71. The van der Waals surface area contributed by atoms with Gasteiger partial charge in [0.15, 0.2) is 0 Å². The van der Waals surface area contributed by atoms with Gasteiger partial charge in [-0.2, -0.15) is 0 Å². The Morgan fingerprint density at radius 1 is 1.10 bits per heavy atom. The first kappa shape index (κ1) is 18.8. The minimum absolute atomic E-state index is 0.251. The number of benzene rings is 2. The van der Waals surface area contributed by atoms with Crippen LogP contribution in [0.4, 0.5) is 11.6 Å². The Labute approximate surface area is 172 Å². The molecule has 0 bridgehead atoms. The average molecular weight is 405 g/mol. The molecule has 0 saturated heterocycles. The maximum atomic E-state index is 12.6. The van der Waals surface area contributed by atoms with Crippen LogP contribution in [-0.2, 0) is 4.79 Å². The summed E-state index contributed by atoms with van der Waals surface area (Å²) in [5.41, 5.74) is 4.20. The maximum absolute atomic E-state index is 12.6. The normalized spacial score (nSPS) is 10.7. The molecule has 6 nitrogen and oxygen atoms in total. The minimum Gasteiger partial charge on any atom is -0.336 e. The summed E-state index contributed by atoms with van der Waals surface area (Å²) >= 11 is 6.37. The molecule has 4 rings (SSSR count). The summed E-state index contributed by atoms with van der Waals surface area (Å²) in [4.78, 5) is 22.4. The summed E-state index contributed by atoms with van der Waals surface area (Å²) in [5.74, 6) is -0.0128. The lowest BCUT2D eigenvalue weighted by atomic mass is 10.0. The molecule has 0 spiro atoms. The number of hydrogen-bond acceptors (Lipinski definition) is 5. The first-order chi connectivity index (χ1) is 14.1. The van der Waals surface area contributed by atoms with E-state index in [1.54, 1.807) is 36.5 Å². The van der Waals surface area contributed by atoms with Crippen LogP contribution in [0.3, 0.4) is 0 Å². The van der Waals surface area contributed by atoms with Crippen molar-refractivity contribution in [1.29, 1.82) is 0 Å². The second kappa shape index (κ2) is 7.85. The van der Waals surface area contributed by atoms with Gasteiger partial charge in [-0.05, 0) is 31.2 Å². The first-order valence-electron chi connectivity index (χ1n) is 8.94. The Morgan fingerprint density at radius 2 is 1.93 bits per heavy atom. The van der Waals surface area contributed by atoms with Crippen LogP contribution >= 0.6 is 11.6 Å². The van der Waals surface area contributed by atoms with Crippen LogP contribution in [0.5, 0.6) is 0 Å². The van der Waals surface area contributed by atoms with Crippen molar-refractivity contribution < 1.29 is 9.32 Å². The van der Waals surface area contributed by atoms with E-state index in [2.05, 4.69) is 15.1 Å². The summed E-state index contributed by atoms with van der Waals surface area (Å²) < 4.78 is 5.71. The van der Waals surface area contributed by atoms with Gasteiger partial charge in [0, 0.05) is 18.7 Å². The molecular formula is C22H17ClN4O2. The summed E-state index contributed by atoms with van der Waals surface area (Å²) in [6.07, 6.45) is 3.08. The lowest BCUT2D eigenvalue weighted by molar-refractivity contribution is -0.116. The summed E-state index contributed by atoms with van der Waals surface area (Å²) in [6.45, 7) is 3.45. The molecule has 0 saturated carbocycles. The maximum Gasteiger partial charge on any atom is 0.248 e. The van der Waals surface area contributed by atoms with Crippen LogP contribution < -0.4 is 4.90 Å². The molecule has 144 valence electrons. The van der Waals surface area contributed by atoms with Crippen molar-refractivity contribution in [2.75, 3.05) is 4.90 Å². The van der Waals surface area contributed by atoms with Crippen molar-refractivity contribution in [2.45, 2.75) is 13.8 Å². The smallest absolute Gasteiger partial charge is 0.248 e. The van der Waals surface area contributed by atoms with Gasteiger partial charge in [-0.25, -0.2) is 14.9 Å². The van der Waals surface area contributed by atoms with E-state index in [0.717, 1.165) is 11.1 Å². The first-order valence-corrected chi connectivity index (χ1v) is 9.32. The zero-order valence-electron chi connectivity index (χ0n) is 15.8. The zero-order valence-corrected chi connectivity index (χ0v) is 16.6. The van der Waals surface area contributed by atoms with Gasteiger partial charge in [0.2, 0.25) is 11.8 Å². The second-order valence-corrected chi connectivity index (χ2v) is 6.89. The van der Waals surface area contributed by atoms with E-state index in [1.165, 1.54) is 18.2 Å². The third kappa shape index (κ3) is 3.62. The lowest BCUT2D eigenvalue weighted by Crippen LogP contribution is -2.23. The van der Waals surface area contributed by atoms with Gasteiger partial charge < -0.3 is 4.52 Å². The fourth-order valence-corrected chi connectivity index (χ4v) is 3.37. The van der Waals surface area contributed by atoms with Gasteiger partial charge in [0.25, 0.3) is 0 Å². The van der Waals surface area contributed by atoms with E-state index < -0.39 is 0 Å². The van der Waals surface area contributed by atoms with Crippen molar-refractivity contribution in [3.63, 3.8) is 0 Å². The molecule has 1 amide bonds. The van der Waals surface area contributed by atoms with Crippen molar-refractivity contribution in [1.82, 2.24) is 15.1 Å². The van der Waals surface area contributed by atoms with E-state index in [-0.39, 0.29) is 11.8 Å². The Hall–Kier alpha value is -3.51. The fraction of sp³-hybridized carbons (Fsp3) is 0.0909. The highest BCUT2D eigenvalue weighted by atomic mass is 35.5. The van der Waals surface area contributed by atoms with Gasteiger partial charge in [-0.1, -0.05) is 52.7 Å². The molecule has 4 aromatic rings. The molecule has 0 unspecified atom stereocenters. The summed E-state index contributed by atoms with van der Waals surface area (Å²) in [7, 11) is 0. The van der Waals surface area contributed by atoms with Crippen LogP contribution in [0, 0.1) is 6.92 Å². The van der Waals surface area contributed by atoms with Crippen LogP contribution in [0.2, 0.25) is 5.02 Å². The third-order valence-electron chi connectivity index (χ3n) is 4.42. The molecule has 29 heavy (non-hydrogen) atoms. The van der Waals surface area contributed by atoms with Crippen molar-refractivity contribution in [3.8, 4) is 22.5 Å². The molecule has 2 heterocycles. The van der Waals surface area contributed by atoms with Gasteiger partial charge in [-0.3, -0.25) is 4.79 Å². The fourth-order valence-electron chi connectivity index (χ4n) is 3.15. The van der Waals surface area contributed by atoms with E-state index >= 15 is 0 Å². The predicted molar refractivity (Wildman–Crippen MR) is 112 cm³/mol. The quantitative estimate of drug-likeness (QED) is 0.452. The van der Waals surface area contributed by atoms with Crippen LogP contribution in [0.15, 0.2) is 71.6 Å². The number of anilines is 2. The number of halogens is 1. The number of rotatable bonds is 4. The molecular weight excluding hydrogens is 388 g/mol. The van der Waals surface area contributed by atoms with Crippen LogP contribution in [0.25, 0.3) is 22.5 Å². The predicted octanol–water partition coefficient (Wildman–Crippen LogP) is 5.45. The third-order valence-corrected chi connectivity index (χ3v) is 4.73. The highest BCUT2D eigenvalue weighted by molar-refractivity contribution is 6.34. The largest absolute Gasteiger partial charge is 0.336 e. The van der Waals surface area contributed by atoms with Crippen molar-refractivity contribution in [3.05, 3.63) is 77.7 Å². The van der Waals surface area contributed by atoms with E-state index in [9.17, 15) is 4.79 Å². The molecule has 0 atom stereocenters. The molecule has 0 fully saturated rings. The highest BCUT2D eigenvalue weighted by Crippen LogP contribution is 2.42. The number of carbonyl (C=O) groups is 1. The van der Waals surface area contributed by atoms with Gasteiger partial charge in [-0.15, -0.1) is 0 Å². The van der Waals surface area contributed by atoms with E-state index in [0.29, 0.717) is 27.7 Å². The Balaban J connectivity index is 1.99. The minimum atomic E-state index is -0.264. The number of carbonyl (C=O) groups excluding carboxylic acids is 1. The summed E-state index contributed by atoms with van der Waals surface area (Å²) in [6, 6.07) is 16.7. The highest BCUT2D eigenvalue weighted by Gasteiger charge is 2.29. The second-order valence-electron chi connectivity index (χ2n) is 6.48. The molecule has 0 aliphatic heterocycles. The molecule has 2 aromatic carbocycles. The van der Waals surface area contributed by atoms with Crippen molar-refractivity contribution >= 4 is 29.1 Å². The van der Waals surface area contributed by atoms with Gasteiger partial charge in [0.1, 0.15) is 12.0 Å². The number of para-hydroxylation sites is 1. The lowest BCUT2D eigenvalue weighted by Gasteiger charge is -2.20. The Kier molecular flexibility index (Phi) is 5.10. The number of nitrogens with zero attached hydrogens (tertiary/aromatic N) is 4. The monoisotopic (exact) mass is 404 g/mol. The Bertz CT molecular complexity index is 1170. The molecule has 7 heteroatoms. The van der Waals surface area contributed by atoms with E-state index in [4.69, 9.17) is 16.1 Å². The number of aryl methyl sites for hydroxylation is 1. The standard InChI is InChI=1S/C22H17ClN4O2/c1-14-6-5-7-16(12-14)21-20(18-10-11-24-13-25-18)22(29-26-21)27(15(2)28)19-9-4-3-8-17(19)23/h3-13H,1-2H3. The molecule has 0 radical (unpaired) electrons. The number of aromatic nitrogens is 3. The molecule has 0 aliphatic carbocycles. The van der Waals surface area contributed by atoms with Gasteiger partial charge in [0.05, 0.1) is 22.0 Å². The molecule has 2 aromatic heterocycles. The van der Waals surface area contributed by atoms with Crippen LogP contribution in [-0.4, -0.2) is 21.0 Å². The number of amides is 1. The van der Waals surface area contributed by atoms with E-state index in [1.807, 2.05) is 31.2 Å². The van der Waals surface area contributed by atoms with Crippen molar-refractivity contribution in [2.24, 2.45) is 0 Å². The molecule has 0 N–H and O–H groups in total.